The van der Waals surface area contributed by atoms with Gasteiger partial charge in [-0.3, -0.25) is 10.1 Å². The van der Waals surface area contributed by atoms with Gasteiger partial charge in [-0.1, -0.05) is 18.2 Å². The molecule has 0 spiro atoms. The molecule has 0 aliphatic rings. The summed E-state index contributed by atoms with van der Waals surface area (Å²) in [7, 11) is 0. The SMILES string of the molecule is N#Cc1cccnc1NCc1ccccc1[N+](=O)[O-]. The van der Waals surface area contributed by atoms with Gasteiger partial charge in [0.05, 0.1) is 10.5 Å². The molecule has 1 heterocycles. The highest BCUT2D eigenvalue weighted by Gasteiger charge is 2.12. The van der Waals surface area contributed by atoms with E-state index in [9.17, 15) is 10.1 Å². The van der Waals surface area contributed by atoms with Gasteiger partial charge in [-0.25, -0.2) is 4.98 Å². The highest BCUT2D eigenvalue weighted by molar-refractivity contribution is 5.52. The fraction of sp³-hybridized carbons (Fsp3) is 0.0769. The number of hydrogen-bond acceptors (Lipinski definition) is 5. The molecule has 0 bridgehead atoms. The van der Waals surface area contributed by atoms with Crippen molar-refractivity contribution in [2.24, 2.45) is 0 Å². The normalized spacial score (nSPS) is 9.63. The highest BCUT2D eigenvalue weighted by Crippen LogP contribution is 2.19. The lowest BCUT2D eigenvalue weighted by Gasteiger charge is -2.07. The first-order valence-corrected chi connectivity index (χ1v) is 5.53. The van der Waals surface area contributed by atoms with Crippen LogP contribution in [0.25, 0.3) is 0 Å². The minimum Gasteiger partial charge on any atom is -0.365 e. The van der Waals surface area contributed by atoms with E-state index in [0.29, 0.717) is 16.9 Å². The molecular weight excluding hydrogens is 244 g/mol. The Hall–Kier alpha value is -2.94. The van der Waals surface area contributed by atoms with Crippen LogP contribution in [0.3, 0.4) is 0 Å². The summed E-state index contributed by atoms with van der Waals surface area (Å²) in [6.07, 6.45) is 1.56. The van der Waals surface area contributed by atoms with E-state index in [2.05, 4.69) is 10.3 Å². The molecule has 6 heteroatoms. The van der Waals surface area contributed by atoms with Gasteiger partial charge in [-0.2, -0.15) is 5.26 Å². The van der Waals surface area contributed by atoms with E-state index in [1.165, 1.54) is 6.07 Å². The number of nitro benzene ring substituents is 1. The Morgan fingerprint density at radius 1 is 1.32 bits per heavy atom. The van der Waals surface area contributed by atoms with Crippen LogP contribution in [0.4, 0.5) is 11.5 Å². The Kier molecular flexibility index (Phi) is 3.69. The second-order valence-electron chi connectivity index (χ2n) is 3.75. The van der Waals surface area contributed by atoms with Crippen LogP contribution in [0, 0.1) is 21.4 Å². The quantitative estimate of drug-likeness (QED) is 0.668. The zero-order valence-electron chi connectivity index (χ0n) is 9.91. The Balaban J connectivity index is 2.20. The summed E-state index contributed by atoms with van der Waals surface area (Å²) in [6, 6.07) is 11.8. The number of hydrogen-bond donors (Lipinski definition) is 1. The molecule has 0 unspecified atom stereocenters. The largest absolute Gasteiger partial charge is 0.365 e. The number of benzene rings is 1. The van der Waals surface area contributed by atoms with Crippen molar-refractivity contribution >= 4 is 11.5 Å². The van der Waals surface area contributed by atoms with Gasteiger partial charge in [0.2, 0.25) is 0 Å². The van der Waals surface area contributed by atoms with Gasteiger partial charge in [-0.05, 0) is 12.1 Å². The molecule has 0 aliphatic carbocycles. The zero-order valence-corrected chi connectivity index (χ0v) is 9.91. The molecular formula is C13H10N4O2. The van der Waals surface area contributed by atoms with Gasteiger partial charge < -0.3 is 5.32 Å². The molecule has 0 saturated carbocycles. The predicted molar refractivity (Wildman–Crippen MR) is 69.4 cm³/mol. The third kappa shape index (κ3) is 2.84. The second-order valence-corrected chi connectivity index (χ2v) is 3.75. The molecule has 2 aromatic rings. The summed E-state index contributed by atoms with van der Waals surface area (Å²) in [5.41, 5.74) is 0.993. The minimum atomic E-state index is -0.430. The van der Waals surface area contributed by atoms with E-state index < -0.39 is 4.92 Å². The first-order valence-electron chi connectivity index (χ1n) is 5.53. The topological polar surface area (TPSA) is 91.8 Å². The third-order valence-electron chi connectivity index (χ3n) is 2.56. The van der Waals surface area contributed by atoms with Crippen LogP contribution in [0.15, 0.2) is 42.6 Å². The van der Waals surface area contributed by atoms with Gasteiger partial charge in [-0.15, -0.1) is 0 Å². The van der Waals surface area contributed by atoms with E-state index >= 15 is 0 Å². The van der Waals surface area contributed by atoms with Gasteiger partial charge in [0, 0.05) is 24.4 Å². The molecule has 6 nitrogen and oxygen atoms in total. The first-order chi connectivity index (χ1) is 9.22. The van der Waals surface area contributed by atoms with Gasteiger partial charge in [0.1, 0.15) is 11.9 Å². The molecule has 0 fully saturated rings. The van der Waals surface area contributed by atoms with Crippen LogP contribution < -0.4 is 5.32 Å². The van der Waals surface area contributed by atoms with Crippen LogP contribution in [-0.4, -0.2) is 9.91 Å². The number of nitrogens with zero attached hydrogens (tertiary/aromatic N) is 3. The Morgan fingerprint density at radius 2 is 2.11 bits per heavy atom. The molecule has 0 amide bonds. The van der Waals surface area contributed by atoms with Crippen LogP contribution in [0.1, 0.15) is 11.1 Å². The number of nitrogens with one attached hydrogen (secondary N) is 1. The lowest BCUT2D eigenvalue weighted by atomic mass is 10.2. The van der Waals surface area contributed by atoms with Crippen molar-refractivity contribution in [3.8, 4) is 6.07 Å². The third-order valence-corrected chi connectivity index (χ3v) is 2.56. The zero-order chi connectivity index (χ0) is 13.7. The van der Waals surface area contributed by atoms with Crippen molar-refractivity contribution < 1.29 is 4.92 Å². The summed E-state index contributed by atoms with van der Waals surface area (Å²) in [6.45, 7) is 0.239. The lowest BCUT2D eigenvalue weighted by molar-refractivity contribution is -0.385. The molecule has 94 valence electrons. The Morgan fingerprint density at radius 3 is 2.84 bits per heavy atom. The average Bonchev–Trinajstić information content (AvgIpc) is 2.45. The standard InChI is InChI=1S/C13H10N4O2/c14-8-10-5-3-7-15-13(10)16-9-11-4-1-2-6-12(11)17(18)19/h1-7H,9H2,(H,15,16). The summed E-state index contributed by atoms with van der Waals surface area (Å²) < 4.78 is 0. The molecule has 2 rings (SSSR count). The van der Waals surface area contributed by atoms with Crippen molar-refractivity contribution in [1.29, 1.82) is 5.26 Å². The lowest BCUT2D eigenvalue weighted by Crippen LogP contribution is -2.05. The molecule has 1 N–H and O–H groups in total. The van der Waals surface area contributed by atoms with E-state index in [1.807, 2.05) is 6.07 Å². The van der Waals surface area contributed by atoms with Gasteiger partial charge in [0.15, 0.2) is 0 Å². The van der Waals surface area contributed by atoms with Crippen LogP contribution in [0.5, 0.6) is 0 Å². The number of para-hydroxylation sites is 1. The molecule has 0 atom stereocenters. The summed E-state index contributed by atoms with van der Waals surface area (Å²) in [5, 5.41) is 22.7. The van der Waals surface area contributed by atoms with Gasteiger partial charge >= 0.3 is 0 Å². The van der Waals surface area contributed by atoms with Crippen molar-refractivity contribution in [2.75, 3.05) is 5.32 Å². The summed E-state index contributed by atoms with van der Waals surface area (Å²) in [5.74, 6) is 0.420. The second kappa shape index (κ2) is 5.60. The van der Waals surface area contributed by atoms with E-state index in [-0.39, 0.29) is 12.2 Å². The molecule has 1 aromatic carbocycles. The van der Waals surface area contributed by atoms with Crippen LogP contribution in [-0.2, 0) is 6.54 Å². The monoisotopic (exact) mass is 254 g/mol. The maximum Gasteiger partial charge on any atom is 0.274 e. The molecule has 19 heavy (non-hydrogen) atoms. The predicted octanol–water partition coefficient (Wildman–Crippen LogP) is 2.47. The van der Waals surface area contributed by atoms with Gasteiger partial charge in [0.25, 0.3) is 5.69 Å². The molecule has 1 aromatic heterocycles. The van der Waals surface area contributed by atoms with Crippen LogP contribution >= 0.6 is 0 Å². The number of nitriles is 1. The fourth-order valence-corrected chi connectivity index (χ4v) is 1.65. The summed E-state index contributed by atoms with van der Waals surface area (Å²) >= 11 is 0. The Labute approximate surface area is 109 Å². The van der Waals surface area contributed by atoms with Crippen LogP contribution in [0.2, 0.25) is 0 Å². The fourth-order valence-electron chi connectivity index (χ4n) is 1.65. The van der Waals surface area contributed by atoms with Crippen molar-refractivity contribution in [3.05, 3.63) is 63.8 Å². The maximum atomic E-state index is 10.9. The van der Waals surface area contributed by atoms with Crippen molar-refractivity contribution in [2.45, 2.75) is 6.54 Å². The number of anilines is 1. The molecule has 0 aliphatic heterocycles. The van der Waals surface area contributed by atoms with Crippen molar-refractivity contribution in [3.63, 3.8) is 0 Å². The number of aromatic nitrogens is 1. The number of pyridine rings is 1. The smallest absolute Gasteiger partial charge is 0.274 e. The molecule has 0 radical (unpaired) electrons. The average molecular weight is 254 g/mol. The van der Waals surface area contributed by atoms with Crippen molar-refractivity contribution in [1.82, 2.24) is 4.98 Å². The first kappa shape index (κ1) is 12.5. The maximum absolute atomic E-state index is 10.9. The van der Waals surface area contributed by atoms with E-state index in [0.717, 1.165) is 0 Å². The Bertz CT molecular complexity index is 649. The minimum absolute atomic E-state index is 0.0458. The van der Waals surface area contributed by atoms with E-state index in [1.54, 1.807) is 36.5 Å². The summed E-state index contributed by atoms with van der Waals surface area (Å²) in [4.78, 5) is 14.5. The molecule has 0 saturated heterocycles. The highest BCUT2D eigenvalue weighted by atomic mass is 16.6. The number of nitro groups is 1. The van der Waals surface area contributed by atoms with E-state index in [4.69, 9.17) is 5.26 Å². The number of rotatable bonds is 4.